The molecule has 7 nitrogen and oxygen atoms in total. The van der Waals surface area contributed by atoms with Gasteiger partial charge in [0.15, 0.2) is 0 Å². The Balaban J connectivity index is 2.46. The lowest BCUT2D eigenvalue weighted by atomic mass is 10.0. The van der Waals surface area contributed by atoms with Crippen LogP contribution >= 0.6 is 0 Å². The van der Waals surface area contributed by atoms with E-state index in [1.807, 2.05) is 0 Å². The fourth-order valence-electron chi connectivity index (χ4n) is 2.67. The lowest BCUT2D eigenvalue weighted by molar-refractivity contribution is -0.274. The van der Waals surface area contributed by atoms with Gasteiger partial charge in [-0.2, -0.15) is 0 Å². The Kier molecular flexibility index (Phi) is 7.51. The number of carbonyl (C=O) groups is 2. The van der Waals surface area contributed by atoms with E-state index < -0.39 is 35.5 Å². The molecule has 2 amide bonds. The lowest BCUT2D eigenvalue weighted by Crippen LogP contribution is -2.29. The van der Waals surface area contributed by atoms with E-state index in [-0.39, 0.29) is 16.9 Å². The zero-order valence-electron chi connectivity index (χ0n) is 19.2. The molecule has 2 rings (SSSR count). The summed E-state index contributed by atoms with van der Waals surface area (Å²) >= 11 is 0. The smallest absolute Gasteiger partial charge is 0.444 e. The minimum atomic E-state index is -4.88. The van der Waals surface area contributed by atoms with Gasteiger partial charge in [0.2, 0.25) is 0 Å². The Labute approximate surface area is 190 Å². The van der Waals surface area contributed by atoms with E-state index in [0.717, 1.165) is 0 Å². The third-order valence-corrected chi connectivity index (χ3v) is 3.71. The van der Waals surface area contributed by atoms with Crippen LogP contribution in [0.5, 0.6) is 5.75 Å². The normalized spacial score (nSPS) is 12.0. The topological polar surface area (TPSA) is 85.9 Å². The van der Waals surface area contributed by atoms with Crippen molar-refractivity contribution in [1.82, 2.24) is 0 Å². The molecule has 0 heterocycles. The van der Waals surface area contributed by atoms with Crippen molar-refractivity contribution in [3.63, 3.8) is 0 Å². The summed E-state index contributed by atoms with van der Waals surface area (Å²) in [6, 6.07) is 9.87. The van der Waals surface area contributed by atoms with Crippen molar-refractivity contribution in [3.8, 4) is 16.9 Å². The van der Waals surface area contributed by atoms with Crippen LogP contribution in [0.1, 0.15) is 41.5 Å². The highest BCUT2D eigenvalue weighted by Gasteiger charge is 2.32. The van der Waals surface area contributed by atoms with Crippen LogP contribution in [0.15, 0.2) is 42.5 Å². The maximum atomic E-state index is 12.8. The predicted octanol–water partition coefficient (Wildman–Crippen LogP) is 6.95. The summed E-state index contributed by atoms with van der Waals surface area (Å²) in [5.41, 5.74) is -0.881. The van der Waals surface area contributed by atoms with Crippen molar-refractivity contribution in [1.29, 1.82) is 0 Å². The molecule has 0 saturated heterocycles. The molecule has 2 N–H and O–H groups in total. The van der Waals surface area contributed by atoms with Gasteiger partial charge < -0.3 is 14.2 Å². The summed E-state index contributed by atoms with van der Waals surface area (Å²) in [4.78, 5) is 24.6. The summed E-state index contributed by atoms with van der Waals surface area (Å²) < 4.78 is 53.1. The molecule has 0 bridgehead atoms. The van der Waals surface area contributed by atoms with E-state index in [1.54, 1.807) is 47.6 Å². The highest BCUT2D eigenvalue weighted by atomic mass is 19.4. The summed E-state index contributed by atoms with van der Waals surface area (Å²) in [6.45, 7) is 10.1. The summed E-state index contributed by atoms with van der Waals surface area (Å²) in [7, 11) is 0. The number of amides is 2. The monoisotopic (exact) mass is 468 g/mol. The second-order valence-corrected chi connectivity index (χ2v) is 9.06. The van der Waals surface area contributed by atoms with Crippen LogP contribution in [0.3, 0.4) is 0 Å². The van der Waals surface area contributed by atoms with Gasteiger partial charge in [0.1, 0.15) is 17.0 Å². The van der Waals surface area contributed by atoms with E-state index in [0.29, 0.717) is 5.56 Å². The maximum Gasteiger partial charge on any atom is 0.573 e. The number of anilines is 2. The first-order valence-electron chi connectivity index (χ1n) is 10.0. The van der Waals surface area contributed by atoms with Crippen molar-refractivity contribution < 1.29 is 37.0 Å². The van der Waals surface area contributed by atoms with Crippen LogP contribution in [0.2, 0.25) is 0 Å². The van der Waals surface area contributed by atoms with Crippen LogP contribution in [0, 0.1) is 0 Å². The van der Waals surface area contributed by atoms with Crippen LogP contribution in [-0.4, -0.2) is 29.8 Å². The number of hydrogen-bond acceptors (Lipinski definition) is 5. The summed E-state index contributed by atoms with van der Waals surface area (Å²) in [5, 5.41) is 5.04. The molecule has 2 aromatic rings. The fourth-order valence-corrected chi connectivity index (χ4v) is 2.67. The number of para-hydroxylation sites is 1. The Morgan fingerprint density at radius 1 is 0.758 bits per heavy atom. The second kappa shape index (κ2) is 9.60. The number of hydrogen-bond donors (Lipinski definition) is 2. The van der Waals surface area contributed by atoms with E-state index >= 15 is 0 Å². The lowest BCUT2D eigenvalue weighted by Gasteiger charge is -2.22. The SMILES string of the molecule is CC(C)(C)OC(=O)Nc1ccc(-c2ccccc2OC(F)(F)F)cc1NC(=O)OC(C)(C)C. The van der Waals surface area contributed by atoms with Crippen molar-refractivity contribution in [3.05, 3.63) is 42.5 Å². The minimum Gasteiger partial charge on any atom is -0.444 e. The Bertz CT molecular complexity index is 1010. The molecule has 33 heavy (non-hydrogen) atoms. The molecule has 0 atom stereocenters. The summed E-state index contributed by atoms with van der Waals surface area (Å²) in [6.07, 6.45) is -6.47. The molecule has 10 heteroatoms. The van der Waals surface area contributed by atoms with Gasteiger partial charge >= 0.3 is 18.5 Å². The van der Waals surface area contributed by atoms with Crippen LogP contribution < -0.4 is 15.4 Å². The quantitative estimate of drug-likeness (QED) is 0.507. The molecule has 0 fully saturated rings. The Morgan fingerprint density at radius 2 is 1.27 bits per heavy atom. The van der Waals surface area contributed by atoms with Gasteiger partial charge in [-0.3, -0.25) is 10.6 Å². The number of carbonyl (C=O) groups excluding carboxylic acids is 2. The molecule has 0 unspecified atom stereocenters. The first kappa shape index (κ1) is 25.8. The molecule has 0 radical (unpaired) electrons. The van der Waals surface area contributed by atoms with Gasteiger partial charge in [0, 0.05) is 5.56 Å². The standard InChI is InChI=1S/C23H27F3N2O5/c1-21(2,3)32-19(29)27-16-12-11-14(13-17(16)28-20(30)33-22(4,5)6)15-9-7-8-10-18(15)31-23(24,25)26/h7-13H,1-6H3,(H,27,29)(H,28,30). The molecule has 0 aliphatic heterocycles. The van der Waals surface area contributed by atoms with Crippen LogP contribution in [0.4, 0.5) is 34.1 Å². The van der Waals surface area contributed by atoms with E-state index in [4.69, 9.17) is 9.47 Å². The van der Waals surface area contributed by atoms with Crippen molar-refractivity contribution in [2.24, 2.45) is 0 Å². The molecule has 0 saturated carbocycles. The van der Waals surface area contributed by atoms with Gasteiger partial charge in [0.25, 0.3) is 0 Å². The second-order valence-electron chi connectivity index (χ2n) is 9.06. The van der Waals surface area contributed by atoms with Crippen molar-refractivity contribution >= 4 is 23.6 Å². The third kappa shape index (κ3) is 8.91. The maximum absolute atomic E-state index is 12.8. The number of ether oxygens (including phenoxy) is 3. The first-order chi connectivity index (χ1) is 15.0. The highest BCUT2D eigenvalue weighted by molar-refractivity contribution is 5.97. The average molecular weight is 468 g/mol. The number of halogens is 3. The molecule has 0 spiro atoms. The zero-order valence-corrected chi connectivity index (χ0v) is 19.2. The predicted molar refractivity (Wildman–Crippen MR) is 118 cm³/mol. The van der Waals surface area contributed by atoms with Crippen molar-refractivity contribution in [2.75, 3.05) is 10.6 Å². The Hall–Kier alpha value is -3.43. The largest absolute Gasteiger partial charge is 0.573 e. The minimum absolute atomic E-state index is 0.0921. The zero-order chi connectivity index (χ0) is 25.0. The van der Waals surface area contributed by atoms with Gasteiger partial charge in [-0.1, -0.05) is 24.3 Å². The van der Waals surface area contributed by atoms with Crippen LogP contribution in [-0.2, 0) is 9.47 Å². The molecular formula is C23H27F3N2O5. The van der Waals surface area contributed by atoms with Crippen molar-refractivity contribution in [2.45, 2.75) is 59.1 Å². The molecule has 2 aromatic carbocycles. The molecular weight excluding hydrogens is 441 g/mol. The molecule has 0 aliphatic carbocycles. The Morgan fingerprint density at radius 3 is 1.79 bits per heavy atom. The first-order valence-corrected chi connectivity index (χ1v) is 10.0. The van der Waals surface area contributed by atoms with Gasteiger partial charge in [0.05, 0.1) is 11.4 Å². The molecule has 0 aromatic heterocycles. The third-order valence-electron chi connectivity index (χ3n) is 3.71. The molecule has 180 valence electrons. The molecule has 0 aliphatic rings. The highest BCUT2D eigenvalue weighted by Crippen LogP contribution is 2.37. The number of nitrogens with one attached hydrogen (secondary N) is 2. The van der Waals surface area contributed by atoms with Gasteiger partial charge in [-0.25, -0.2) is 9.59 Å². The van der Waals surface area contributed by atoms with E-state index in [1.165, 1.54) is 36.4 Å². The number of rotatable bonds is 4. The van der Waals surface area contributed by atoms with Gasteiger partial charge in [-0.15, -0.1) is 13.2 Å². The summed E-state index contributed by atoms with van der Waals surface area (Å²) in [5.74, 6) is -0.416. The number of benzene rings is 2. The van der Waals surface area contributed by atoms with E-state index in [9.17, 15) is 22.8 Å². The average Bonchev–Trinajstić information content (AvgIpc) is 2.59. The van der Waals surface area contributed by atoms with Gasteiger partial charge in [-0.05, 0) is 65.3 Å². The fraction of sp³-hybridized carbons (Fsp3) is 0.391. The van der Waals surface area contributed by atoms with Crippen LogP contribution in [0.25, 0.3) is 11.1 Å². The van der Waals surface area contributed by atoms with E-state index in [2.05, 4.69) is 15.4 Å². The number of alkyl halides is 3.